The van der Waals surface area contributed by atoms with Crippen molar-refractivity contribution in [1.82, 2.24) is 15.5 Å². The van der Waals surface area contributed by atoms with Gasteiger partial charge in [-0.25, -0.2) is 0 Å². The Morgan fingerprint density at radius 3 is 2.75 bits per heavy atom. The molecular weight excluding hydrogens is 352 g/mol. The van der Waals surface area contributed by atoms with Crippen molar-refractivity contribution in [3.05, 3.63) is 35.4 Å². The molecule has 1 aromatic rings. The number of carbonyl (C=O) groups excluding carboxylic acids is 1. The second-order valence-corrected chi connectivity index (χ2v) is 8.11. The average molecular weight is 387 g/mol. The minimum atomic E-state index is 0.0342. The molecule has 2 aliphatic carbocycles. The highest BCUT2D eigenvalue weighted by Crippen LogP contribution is 2.57. The van der Waals surface area contributed by atoms with E-state index < -0.39 is 0 Å². The van der Waals surface area contributed by atoms with Crippen molar-refractivity contribution < 1.29 is 9.53 Å². The molecule has 2 N–H and O–H groups in total. The Hall–Kier alpha value is -2.08. The summed E-state index contributed by atoms with van der Waals surface area (Å²) < 4.78 is 5.94. The fraction of sp³-hybridized carbons (Fsp3) is 0.636. The van der Waals surface area contributed by atoms with Gasteiger partial charge in [0.1, 0.15) is 0 Å². The van der Waals surface area contributed by atoms with Crippen LogP contribution in [0.4, 0.5) is 0 Å². The molecule has 0 saturated heterocycles. The highest BCUT2D eigenvalue weighted by Gasteiger charge is 2.59. The highest BCUT2D eigenvalue weighted by atomic mass is 16.5. The summed E-state index contributed by atoms with van der Waals surface area (Å²) in [5, 5.41) is 7.04. The molecule has 0 heterocycles. The SMILES string of the molecule is CCOC1CC(NC(=NC)NCCc2cccc(C(=O)N(C)C)c2)C12CCC2. The molecular formula is C22H34N4O2. The van der Waals surface area contributed by atoms with Gasteiger partial charge in [0.15, 0.2) is 5.96 Å². The Morgan fingerprint density at radius 1 is 1.36 bits per heavy atom. The lowest BCUT2D eigenvalue weighted by Crippen LogP contribution is -2.68. The Kier molecular flexibility index (Phi) is 6.60. The zero-order valence-electron chi connectivity index (χ0n) is 17.6. The smallest absolute Gasteiger partial charge is 0.253 e. The quantitative estimate of drug-likeness (QED) is 0.558. The Balaban J connectivity index is 1.49. The van der Waals surface area contributed by atoms with Crippen molar-refractivity contribution in [2.75, 3.05) is 34.3 Å². The fourth-order valence-corrected chi connectivity index (χ4v) is 4.44. The molecule has 0 aromatic heterocycles. The number of carbonyl (C=O) groups is 1. The predicted molar refractivity (Wildman–Crippen MR) is 113 cm³/mol. The minimum Gasteiger partial charge on any atom is -0.378 e. The van der Waals surface area contributed by atoms with Gasteiger partial charge < -0.3 is 20.3 Å². The van der Waals surface area contributed by atoms with Crippen molar-refractivity contribution in [3.8, 4) is 0 Å². The van der Waals surface area contributed by atoms with E-state index in [2.05, 4.69) is 28.6 Å². The van der Waals surface area contributed by atoms with E-state index in [0.29, 0.717) is 17.6 Å². The fourth-order valence-electron chi connectivity index (χ4n) is 4.44. The normalized spacial score (nSPS) is 22.9. The van der Waals surface area contributed by atoms with E-state index in [0.717, 1.165) is 43.1 Å². The molecule has 1 aromatic carbocycles. The van der Waals surface area contributed by atoms with Gasteiger partial charge in [-0.3, -0.25) is 9.79 Å². The maximum atomic E-state index is 12.1. The number of hydrogen-bond donors (Lipinski definition) is 2. The maximum Gasteiger partial charge on any atom is 0.253 e. The van der Waals surface area contributed by atoms with E-state index in [9.17, 15) is 4.79 Å². The topological polar surface area (TPSA) is 66.0 Å². The number of amides is 1. The molecule has 2 unspecified atom stereocenters. The van der Waals surface area contributed by atoms with Crippen LogP contribution in [0.5, 0.6) is 0 Å². The van der Waals surface area contributed by atoms with Crippen LogP contribution in [0.25, 0.3) is 0 Å². The van der Waals surface area contributed by atoms with E-state index in [1.54, 1.807) is 19.0 Å². The molecule has 1 spiro atoms. The molecule has 1 amide bonds. The second kappa shape index (κ2) is 8.95. The van der Waals surface area contributed by atoms with Gasteiger partial charge in [-0.1, -0.05) is 18.6 Å². The Morgan fingerprint density at radius 2 is 2.14 bits per heavy atom. The monoisotopic (exact) mass is 386 g/mol. The molecule has 0 bridgehead atoms. The zero-order valence-corrected chi connectivity index (χ0v) is 17.6. The van der Waals surface area contributed by atoms with E-state index >= 15 is 0 Å². The van der Waals surface area contributed by atoms with Crippen LogP contribution < -0.4 is 10.6 Å². The minimum absolute atomic E-state index is 0.0342. The molecule has 6 nitrogen and oxygen atoms in total. The Bertz CT molecular complexity index is 712. The summed E-state index contributed by atoms with van der Waals surface area (Å²) in [4.78, 5) is 18.1. The number of nitrogens with one attached hydrogen (secondary N) is 2. The van der Waals surface area contributed by atoms with Gasteiger partial charge in [-0.2, -0.15) is 0 Å². The van der Waals surface area contributed by atoms with Crippen LogP contribution in [0, 0.1) is 5.41 Å². The van der Waals surface area contributed by atoms with Crippen molar-refractivity contribution in [3.63, 3.8) is 0 Å². The zero-order chi connectivity index (χ0) is 20.1. The van der Waals surface area contributed by atoms with Gasteiger partial charge in [0, 0.05) is 51.3 Å². The molecule has 154 valence electrons. The van der Waals surface area contributed by atoms with E-state index in [1.165, 1.54) is 19.3 Å². The first kappa shape index (κ1) is 20.6. The first-order valence-corrected chi connectivity index (χ1v) is 10.4. The first-order chi connectivity index (χ1) is 13.5. The van der Waals surface area contributed by atoms with E-state index in [-0.39, 0.29) is 5.91 Å². The lowest BCUT2D eigenvalue weighted by Gasteiger charge is -2.61. The van der Waals surface area contributed by atoms with Gasteiger partial charge in [0.2, 0.25) is 0 Å². The number of ether oxygens (including phenoxy) is 1. The lowest BCUT2D eigenvalue weighted by molar-refractivity contribution is -0.168. The standard InChI is InChI=1S/C22H34N4O2/c1-5-28-19-15-18(22(19)11-7-12-22)25-21(23-2)24-13-10-16-8-6-9-17(14-16)20(27)26(3)4/h6,8-9,14,18-19H,5,7,10-13,15H2,1-4H3,(H2,23,24,25). The van der Waals surface area contributed by atoms with Gasteiger partial charge >= 0.3 is 0 Å². The van der Waals surface area contributed by atoms with Crippen molar-refractivity contribution in [2.24, 2.45) is 10.4 Å². The van der Waals surface area contributed by atoms with Gasteiger partial charge in [-0.05, 0) is 50.3 Å². The number of benzene rings is 1. The molecule has 0 radical (unpaired) electrons. The van der Waals surface area contributed by atoms with Crippen LogP contribution in [-0.2, 0) is 11.2 Å². The molecule has 6 heteroatoms. The van der Waals surface area contributed by atoms with Gasteiger partial charge in [0.05, 0.1) is 6.10 Å². The van der Waals surface area contributed by atoms with Crippen LogP contribution >= 0.6 is 0 Å². The maximum absolute atomic E-state index is 12.1. The van der Waals surface area contributed by atoms with Crippen LogP contribution in [-0.4, -0.2) is 63.2 Å². The summed E-state index contributed by atoms with van der Waals surface area (Å²) in [5.74, 6) is 0.888. The summed E-state index contributed by atoms with van der Waals surface area (Å²) in [5.41, 5.74) is 2.19. The summed E-state index contributed by atoms with van der Waals surface area (Å²) in [7, 11) is 5.37. The van der Waals surface area contributed by atoms with Crippen molar-refractivity contribution >= 4 is 11.9 Å². The molecule has 3 rings (SSSR count). The third-order valence-electron chi connectivity index (χ3n) is 6.26. The van der Waals surface area contributed by atoms with Gasteiger partial charge in [0.25, 0.3) is 5.91 Å². The summed E-state index contributed by atoms with van der Waals surface area (Å²) in [6.07, 6.45) is 6.10. The van der Waals surface area contributed by atoms with Crippen molar-refractivity contribution in [1.29, 1.82) is 0 Å². The average Bonchev–Trinajstić information content (AvgIpc) is 2.64. The van der Waals surface area contributed by atoms with E-state index in [4.69, 9.17) is 4.74 Å². The van der Waals surface area contributed by atoms with Crippen LogP contribution in [0.1, 0.15) is 48.5 Å². The lowest BCUT2D eigenvalue weighted by atomic mass is 9.51. The molecule has 28 heavy (non-hydrogen) atoms. The number of guanidine groups is 1. The number of aliphatic imine (C=N–C) groups is 1. The van der Waals surface area contributed by atoms with Crippen LogP contribution in [0.2, 0.25) is 0 Å². The molecule has 0 aliphatic heterocycles. The summed E-state index contributed by atoms with van der Waals surface area (Å²) in [6, 6.07) is 8.30. The van der Waals surface area contributed by atoms with Crippen molar-refractivity contribution in [2.45, 2.75) is 51.2 Å². The molecule has 2 saturated carbocycles. The Labute approximate surface area is 168 Å². The largest absolute Gasteiger partial charge is 0.378 e. The first-order valence-electron chi connectivity index (χ1n) is 10.4. The summed E-state index contributed by atoms with van der Waals surface area (Å²) in [6.45, 7) is 3.64. The van der Waals surface area contributed by atoms with Crippen LogP contribution in [0.15, 0.2) is 29.3 Å². The van der Waals surface area contributed by atoms with Crippen LogP contribution in [0.3, 0.4) is 0 Å². The number of hydrogen-bond acceptors (Lipinski definition) is 3. The third kappa shape index (κ3) is 4.17. The number of rotatable bonds is 7. The van der Waals surface area contributed by atoms with Gasteiger partial charge in [-0.15, -0.1) is 0 Å². The van der Waals surface area contributed by atoms with E-state index in [1.807, 2.05) is 25.2 Å². The molecule has 2 aliphatic rings. The number of nitrogens with zero attached hydrogens (tertiary/aromatic N) is 2. The second-order valence-electron chi connectivity index (χ2n) is 8.11. The third-order valence-corrected chi connectivity index (χ3v) is 6.26. The predicted octanol–water partition coefficient (Wildman–Crippen LogP) is 2.44. The molecule has 2 fully saturated rings. The molecule has 2 atom stereocenters. The highest BCUT2D eigenvalue weighted by molar-refractivity contribution is 5.94. The summed E-state index contributed by atoms with van der Waals surface area (Å²) >= 11 is 0.